The van der Waals surface area contributed by atoms with Crippen molar-refractivity contribution in [2.45, 2.75) is 59.8 Å². The van der Waals surface area contributed by atoms with Crippen molar-refractivity contribution in [1.82, 2.24) is 0 Å². The fourth-order valence-electron chi connectivity index (χ4n) is 2.75. The standard InChI is InChI=1S/C23H35Br2NO4/c1-5-19-16-21(28-13-10-22(24)25)17-20(6-2)23(19)29-12-9-7-8-11-27-14-15-30-26-18(3)4/h10,16-17H,5-9,11-15H2,1-4H3. The molecule has 5 nitrogen and oxygen atoms in total. The van der Waals surface area contributed by atoms with Gasteiger partial charge in [-0.2, -0.15) is 0 Å². The number of hydrogen-bond donors (Lipinski definition) is 0. The van der Waals surface area contributed by atoms with Crippen molar-refractivity contribution >= 4 is 37.6 Å². The number of hydrogen-bond acceptors (Lipinski definition) is 5. The highest BCUT2D eigenvalue weighted by Gasteiger charge is 2.11. The van der Waals surface area contributed by atoms with Gasteiger partial charge in [0.1, 0.15) is 24.7 Å². The molecule has 0 saturated heterocycles. The van der Waals surface area contributed by atoms with Crippen molar-refractivity contribution in [2.75, 3.05) is 33.0 Å². The summed E-state index contributed by atoms with van der Waals surface area (Å²) in [6, 6.07) is 4.18. The van der Waals surface area contributed by atoms with Gasteiger partial charge in [0.05, 0.1) is 22.3 Å². The van der Waals surface area contributed by atoms with Gasteiger partial charge in [-0.15, -0.1) is 0 Å². The van der Waals surface area contributed by atoms with Gasteiger partial charge in [-0.25, -0.2) is 0 Å². The molecule has 0 bridgehead atoms. The molecule has 0 aliphatic rings. The molecule has 0 N–H and O–H groups in total. The number of aryl methyl sites for hydroxylation is 2. The number of ether oxygens (including phenoxy) is 3. The fourth-order valence-corrected chi connectivity index (χ4v) is 3.01. The second kappa shape index (κ2) is 16.6. The van der Waals surface area contributed by atoms with Crippen molar-refractivity contribution in [3.63, 3.8) is 0 Å². The average molecular weight is 549 g/mol. The molecule has 1 rings (SSSR count). The van der Waals surface area contributed by atoms with Crippen LogP contribution >= 0.6 is 31.9 Å². The summed E-state index contributed by atoms with van der Waals surface area (Å²) >= 11 is 6.69. The number of rotatable bonds is 16. The Morgan fingerprint density at radius 3 is 2.17 bits per heavy atom. The molecule has 0 aliphatic heterocycles. The van der Waals surface area contributed by atoms with E-state index in [2.05, 4.69) is 63.0 Å². The molecular weight excluding hydrogens is 514 g/mol. The molecular formula is C23H35Br2NO4. The summed E-state index contributed by atoms with van der Waals surface area (Å²) in [7, 11) is 0. The van der Waals surface area contributed by atoms with Gasteiger partial charge in [0.25, 0.3) is 0 Å². The van der Waals surface area contributed by atoms with E-state index in [9.17, 15) is 0 Å². The SMILES string of the molecule is CCc1cc(OCC=C(Br)Br)cc(CC)c1OCCCCCOCCON=C(C)C. The van der Waals surface area contributed by atoms with Gasteiger partial charge in [0.15, 0.2) is 0 Å². The van der Waals surface area contributed by atoms with Gasteiger partial charge >= 0.3 is 0 Å². The van der Waals surface area contributed by atoms with E-state index in [4.69, 9.17) is 19.0 Å². The number of benzene rings is 1. The first-order valence-corrected chi connectivity index (χ1v) is 12.2. The van der Waals surface area contributed by atoms with Crippen LogP contribution in [0.15, 0.2) is 26.8 Å². The molecule has 0 unspecified atom stereocenters. The van der Waals surface area contributed by atoms with Crippen molar-refractivity contribution in [3.05, 3.63) is 32.7 Å². The molecule has 0 heterocycles. The predicted molar refractivity (Wildman–Crippen MR) is 132 cm³/mol. The summed E-state index contributed by atoms with van der Waals surface area (Å²) in [5.41, 5.74) is 3.30. The molecule has 0 spiro atoms. The first kappa shape index (κ1) is 27.0. The molecule has 170 valence electrons. The van der Waals surface area contributed by atoms with E-state index in [1.807, 2.05) is 19.9 Å². The molecule has 0 atom stereocenters. The van der Waals surface area contributed by atoms with E-state index in [1.165, 1.54) is 11.1 Å². The van der Waals surface area contributed by atoms with E-state index in [0.717, 1.165) is 59.3 Å². The Balaban J connectivity index is 2.36. The maximum Gasteiger partial charge on any atom is 0.140 e. The number of halogens is 2. The average Bonchev–Trinajstić information content (AvgIpc) is 2.71. The van der Waals surface area contributed by atoms with Gasteiger partial charge < -0.3 is 19.0 Å². The number of nitrogens with zero attached hydrogens (tertiary/aromatic N) is 1. The van der Waals surface area contributed by atoms with Crippen LogP contribution in [0.5, 0.6) is 11.5 Å². The number of oxime groups is 1. The molecule has 0 radical (unpaired) electrons. The Hall–Kier alpha value is -1.05. The van der Waals surface area contributed by atoms with E-state index in [-0.39, 0.29) is 0 Å². The van der Waals surface area contributed by atoms with Gasteiger partial charge in [-0.1, -0.05) is 19.0 Å². The highest BCUT2D eigenvalue weighted by Crippen LogP contribution is 2.31. The third kappa shape index (κ3) is 12.0. The van der Waals surface area contributed by atoms with Crippen LogP contribution in [-0.2, 0) is 22.4 Å². The second-order valence-corrected chi connectivity index (χ2v) is 9.75. The third-order valence-corrected chi connectivity index (χ3v) is 4.86. The number of unbranched alkanes of at least 4 members (excludes halogenated alkanes) is 2. The van der Waals surface area contributed by atoms with E-state index >= 15 is 0 Å². The zero-order valence-electron chi connectivity index (χ0n) is 18.6. The van der Waals surface area contributed by atoms with Crippen LogP contribution in [-0.4, -0.2) is 38.7 Å². The first-order valence-electron chi connectivity index (χ1n) is 10.6. The molecule has 1 aromatic carbocycles. The molecule has 0 saturated carbocycles. The first-order chi connectivity index (χ1) is 14.5. The van der Waals surface area contributed by atoms with E-state index in [1.54, 1.807) is 0 Å². The lowest BCUT2D eigenvalue weighted by atomic mass is 10.0. The lowest BCUT2D eigenvalue weighted by Crippen LogP contribution is -2.06. The van der Waals surface area contributed by atoms with Crippen LogP contribution in [0.1, 0.15) is 58.1 Å². The maximum absolute atomic E-state index is 6.17. The summed E-state index contributed by atoms with van der Waals surface area (Å²) in [6.07, 6.45) is 6.85. The van der Waals surface area contributed by atoms with Gasteiger partial charge in [-0.3, -0.25) is 0 Å². The van der Waals surface area contributed by atoms with Crippen molar-refractivity contribution in [3.8, 4) is 11.5 Å². The zero-order valence-corrected chi connectivity index (χ0v) is 21.8. The van der Waals surface area contributed by atoms with Crippen molar-refractivity contribution in [1.29, 1.82) is 0 Å². The normalized spacial score (nSPS) is 10.5. The maximum atomic E-state index is 6.17. The molecule has 0 aliphatic carbocycles. The molecule has 1 aromatic rings. The Morgan fingerprint density at radius 1 is 0.900 bits per heavy atom. The monoisotopic (exact) mass is 547 g/mol. The van der Waals surface area contributed by atoms with Crippen LogP contribution < -0.4 is 9.47 Å². The Labute approximate surface area is 198 Å². The van der Waals surface area contributed by atoms with Crippen molar-refractivity contribution < 1.29 is 19.0 Å². The Kier molecular flexibility index (Phi) is 14.9. The third-order valence-electron chi connectivity index (χ3n) is 4.21. The van der Waals surface area contributed by atoms with Gasteiger partial charge in [-0.05, 0) is 107 Å². The predicted octanol–water partition coefficient (Wildman–Crippen LogP) is 6.80. The van der Waals surface area contributed by atoms with Crippen molar-refractivity contribution in [2.24, 2.45) is 5.16 Å². The quantitative estimate of drug-likeness (QED) is 0.129. The molecule has 0 aromatic heterocycles. The smallest absolute Gasteiger partial charge is 0.140 e. The summed E-state index contributed by atoms with van der Waals surface area (Å²) in [5, 5.41) is 3.87. The van der Waals surface area contributed by atoms with Crippen LogP contribution in [0, 0.1) is 0 Å². The summed E-state index contributed by atoms with van der Waals surface area (Å²) in [5.74, 6) is 1.90. The Morgan fingerprint density at radius 2 is 1.57 bits per heavy atom. The van der Waals surface area contributed by atoms with Crippen LogP contribution in [0.4, 0.5) is 0 Å². The summed E-state index contributed by atoms with van der Waals surface area (Å²) in [6.45, 7) is 11.1. The van der Waals surface area contributed by atoms with E-state index in [0.29, 0.717) is 26.4 Å². The minimum absolute atomic E-state index is 0.497. The highest BCUT2D eigenvalue weighted by atomic mass is 79.9. The molecule has 30 heavy (non-hydrogen) atoms. The largest absolute Gasteiger partial charge is 0.493 e. The minimum atomic E-state index is 0.497. The summed E-state index contributed by atoms with van der Waals surface area (Å²) < 4.78 is 18.5. The van der Waals surface area contributed by atoms with E-state index < -0.39 is 0 Å². The zero-order chi connectivity index (χ0) is 22.2. The molecule has 0 amide bonds. The van der Waals surface area contributed by atoms with Gasteiger partial charge in [0, 0.05) is 6.61 Å². The molecule has 0 fully saturated rings. The van der Waals surface area contributed by atoms with Crippen LogP contribution in [0.25, 0.3) is 0 Å². The lowest BCUT2D eigenvalue weighted by molar-refractivity contribution is 0.0488. The summed E-state index contributed by atoms with van der Waals surface area (Å²) in [4.78, 5) is 5.10. The van der Waals surface area contributed by atoms with Gasteiger partial charge in [0.2, 0.25) is 0 Å². The van der Waals surface area contributed by atoms with Crippen LogP contribution in [0.2, 0.25) is 0 Å². The topological polar surface area (TPSA) is 49.3 Å². The minimum Gasteiger partial charge on any atom is -0.493 e. The molecule has 7 heteroatoms. The van der Waals surface area contributed by atoms with Crippen LogP contribution in [0.3, 0.4) is 0 Å². The lowest BCUT2D eigenvalue weighted by Gasteiger charge is -2.17. The second-order valence-electron chi connectivity index (χ2n) is 6.98. The highest BCUT2D eigenvalue weighted by molar-refractivity contribution is 9.28. The Bertz CT molecular complexity index is 644. The fraction of sp³-hybridized carbons (Fsp3) is 0.609.